The fraction of sp³-hybridized carbons (Fsp3) is 1.00. The molecule has 4 nitrogen and oxygen atoms in total. The summed E-state index contributed by atoms with van der Waals surface area (Å²) in [4.78, 5) is 2.37. The normalized spacial score (nSPS) is 38.4. The predicted octanol–water partition coefficient (Wildman–Crippen LogP) is 1.13. The molecule has 0 aromatic rings. The van der Waals surface area contributed by atoms with E-state index in [0.29, 0.717) is 35.4 Å². The highest BCUT2D eigenvalue weighted by Gasteiger charge is 2.42. The highest BCUT2D eigenvalue weighted by Crippen LogP contribution is 2.41. The summed E-state index contributed by atoms with van der Waals surface area (Å²) in [5, 5.41) is 3.48. The Bertz CT molecular complexity index is 419. The minimum absolute atomic E-state index is 0.167. The van der Waals surface area contributed by atoms with E-state index in [1.807, 2.05) is 6.92 Å². The molecule has 5 heteroatoms. The van der Waals surface area contributed by atoms with Crippen molar-refractivity contribution < 1.29 is 8.42 Å². The Hall–Kier alpha value is -0.130. The van der Waals surface area contributed by atoms with Crippen LogP contribution in [0.4, 0.5) is 0 Å². The maximum atomic E-state index is 11.6. The van der Waals surface area contributed by atoms with E-state index < -0.39 is 9.84 Å². The van der Waals surface area contributed by atoms with Gasteiger partial charge in [0.05, 0.1) is 11.5 Å². The maximum absolute atomic E-state index is 11.6. The van der Waals surface area contributed by atoms with Crippen molar-refractivity contribution >= 4 is 9.84 Å². The van der Waals surface area contributed by atoms with Crippen LogP contribution in [0.3, 0.4) is 0 Å². The molecule has 0 amide bonds. The number of hydrogen-bond donors (Lipinski definition) is 1. The van der Waals surface area contributed by atoms with Gasteiger partial charge in [-0.2, -0.15) is 0 Å². The van der Waals surface area contributed by atoms with Crippen molar-refractivity contribution in [2.75, 3.05) is 31.6 Å². The Balaban J connectivity index is 1.99. The molecule has 2 rings (SSSR count). The van der Waals surface area contributed by atoms with Crippen molar-refractivity contribution in [1.82, 2.24) is 10.2 Å². The molecule has 2 aliphatic rings. The van der Waals surface area contributed by atoms with Crippen LogP contribution in [0.1, 0.15) is 33.6 Å². The maximum Gasteiger partial charge on any atom is 0.153 e. The van der Waals surface area contributed by atoms with Crippen LogP contribution in [0.25, 0.3) is 0 Å². The van der Waals surface area contributed by atoms with E-state index in [0.717, 1.165) is 6.54 Å². The molecular weight excluding hydrogens is 260 g/mol. The number of hydrogen-bond acceptors (Lipinski definition) is 4. The van der Waals surface area contributed by atoms with Crippen LogP contribution in [-0.4, -0.2) is 57.0 Å². The van der Waals surface area contributed by atoms with Gasteiger partial charge in [-0.3, -0.25) is 4.90 Å². The minimum Gasteiger partial charge on any atom is -0.316 e. The van der Waals surface area contributed by atoms with Crippen molar-refractivity contribution in [3.8, 4) is 0 Å². The molecule has 112 valence electrons. The van der Waals surface area contributed by atoms with Crippen LogP contribution in [0, 0.1) is 11.3 Å². The van der Waals surface area contributed by atoms with E-state index in [-0.39, 0.29) is 6.04 Å². The highest BCUT2D eigenvalue weighted by molar-refractivity contribution is 7.91. The van der Waals surface area contributed by atoms with Gasteiger partial charge in [0.2, 0.25) is 0 Å². The number of nitrogens with one attached hydrogen (secondary N) is 1. The molecule has 1 heterocycles. The molecule has 1 saturated carbocycles. The molecule has 1 aliphatic heterocycles. The molecule has 0 radical (unpaired) electrons. The second-order valence-corrected chi connectivity index (χ2v) is 9.24. The second-order valence-electron chi connectivity index (χ2n) is 7.01. The Morgan fingerprint density at radius 3 is 2.63 bits per heavy atom. The SMILES string of the molecule is CNC1C(CN2CCS(=O)(=O)CC2C)CCC1(C)C. The molecule has 0 aromatic carbocycles. The van der Waals surface area contributed by atoms with Gasteiger partial charge in [0.25, 0.3) is 0 Å². The zero-order valence-electron chi connectivity index (χ0n) is 12.6. The lowest BCUT2D eigenvalue weighted by atomic mass is 9.84. The smallest absolute Gasteiger partial charge is 0.153 e. The molecule has 3 atom stereocenters. The third-order valence-electron chi connectivity index (χ3n) is 5.06. The van der Waals surface area contributed by atoms with Crippen molar-refractivity contribution in [3.05, 3.63) is 0 Å². The molecule has 2 fully saturated rings. The summed E-state index contributed by atoms with van der Waals surface area (Å²) in [5.74, 6) is 1.30. The van der Waals surface area contributed by atoms with Crippen molar-refractivity contribution in [3.63, 3.8) is 0 Å². The van der Waals surface area contributed by atoms with Crippen LogP contribution < -0.4 is 5.32 Å². The summed E-state index contributed by atoms with van der Waals surface area (Å²) in [5.41, 5.74) is 0.352. The number of nitrogens with zero attached hydrogens (tertiary/aromatic N) is 1. The first-order valence-electron chi connectivity index (χ1n) is 7.37. The van der Waals surface area contributed by atoms with E-state index in [1.54, 1.807) is 0 Å². The lowest BCUT2D eigenvalue weighted by Crippen LogP contribution is -2.51. The Labute approximate surface area is 117 Å². The number of sulfone groups is 1. The van der Waals surface area contributed by atoms with Gasteiger partial charge in [-0.25, -0.2) is 8.42 Å². The highest BCUT2D eigenvalue weighted by atomic mass is 32.2. The second kappa shape index (κ2) is 5.34. The Morgan fingerprint density at radius 1 is 1.37 bits per heavy atom. The average Bonchev–Trinajstić information content (AvgIpc) is 2.56. The van der Waals surface area contributed by atoms with Gasteiger partial charge >= 0.3 is 0 Å². The summed E-state index contributed by atoms with van der Waals surface area (Å²) < 4.78 is 23.3. The Morgan fingerprint density at radius 2 is 2.05 bits per heavy atom. The molecule has 1 N–H and O–H groups in total. The van der Waals surface area contributed by atoms with Gasteiger partial charge in [0, 0.05) is 25.2 Å². The van der Waals surface area contributed by atoms with Gasteiger partial charge in [-0.05, 0) is 38.1 Å². The van der Waals surface area contributed by atoms with E-state index in [9.17, 15) is 8.42 Å². The fourth-order valence-electron chi connectivity index (χ4n) is 3.95. The van der Waals surface area contributed by atoms with E-state index in [1.165, 1.54) is 12.8 Å². The summed E-state index contributed by atoms with van der Waals surface area (Å²) in [6.45, 7) is 8.45. The predicted molar refractivity (Wildman–Crippen MR) is 79.0 cm³/mol. The van der Waals surface area contributed by atoms with Crippen molar-refractivity contribution in [2.24, 2.45) is 11.3 Å². The first-order valence-corrected chi connectivity index (χ1v) is 9.19. The third-order valence-corrected chi connectivity index (χ3v) is 6.86. The van der Waals surface area contributed by atoms with E-state index in [2.05, 4.69) is 31.1 Å². The summed E-state index contributed by atoms with van der Waals surface area (Å²) in [7, 11) is -0.747. The summed E-state index contributed by atoms with van der Waals surface area (Å²) >= 11 is 0. The van der Waals surface area contributed by atoms with Crippen LogP contribution >= 0.6 is 0 Å². The molecule has 1 saturated heterocycles. The quantitative estimate of drug-likeness (QED) is 0.846. The van der Waals surface area contributed by atoms with Crippen molar-refractivity contribution in [1.29, 1.82) is 0 Å². The van der Waals surface area contributed by atoms with Crippen LogP contribution in [0.2, 0.25) is 0 Å². The van der Waals surface area contributed by atoms with Crippen molar-refractivity contribution in [2.45, 2.75) is 45.7 Å². The molecule has 19 heavy (non-hydrogen) atoms. The first kappa shape index (κ1) is 15.3. The molecule has 0 spiro atoms. The molecule has 0 aromatic heterocycles. The zero-order valence-corrected chi connectivity index (χ0v) is 13.5. The zero-order chi connectivity index (χ0) is 14.3. The topological polar surface area (TPSA) is 49.4 Å². The van der Waals surface area contributed by atoms with E-state index >= 15 is 0 Å². The lowest BCUT2D eigenvalue weighted by Gasteiger charge is -2.38. The van der Waals surface area contributed by atoms with Gasteiger partial charge in [-0.1, -0.05) is 13.8 Å². The Kier molecular flexibility index (Phi) is 4.29. The summed E-state index contributed by atoms with van der Waals surface area (Å²) in [6, 6.07) is 0.707. The molecule has 0 bridgehead atoms. The molecule has 1 aliphatic carbocycles. The van der Waals surface area contributed by atoms with Gasteiger partial charge in [-0.15, -0.1) is 0 Å². The van der Waals surface area contributed by atoms with Gasteiger partial charge in [0.1, 0.15) is 0 Å². The first-order chi connectivity index (χ1) is 8.75. The fourth-order valence-corrected chi connectivity index (χ4v) is 5.57. The molecule has 3 unspecified atom stereocenters. The number of rotatable bonds is 3. The molecular formula is C14H28N2O2S. The third kappa shape index (κ3) is 3.31. The lowest BCUT2D eigenvalue weighted by molar-refractivity contribution is 0.163. The van der Waals surface area contributed by atoms with Crippen LogP contribution in [0.15, 0.2) is 0 Å². The van der Waals surface area contributed by atoms with Gasteiger partial charge < -0.3 is 5.32 Å². The van der Waals surface area contributed by atoms with E-state index in [4.69, 9.17) is 0 Å². The van der Waals surface area contributed by atoms with Crippen LogP contribution in [-0.2, 0) is 9.84 Å². The monoisotopic (exact) mass is 288 g/mol. The minimum atomic E-state index is -2.80. The van der Waals surface area contributed by atoms with Gasteiger partial charge in [0.15, 0.2) is 9.84 Å². The average molecular weight is 288 g/mol. The van der Waals surface area contributed by atoms with Crippen LogP contribution in [0.5, 0.6) is 0 Å². The standard InChI is InChI=1S/C14H28N2O2S/c1-11-10-19(17,18)8-7-16(11)9-12-5-6-14(2,3)13(12)15-4/h11-13,15H,5-10H2,1-4H3. The largest absolute Gasteiger partial charge is 0.316 e. The summed E-state index contributed by atoms with van der Waals surface area (Å²) in [6.07, 6.45) is 2.50.